The van der Waals surface area contributed by atoms with Gasteiger partial charge in [-0.15, -0.1) is 0 Å². The Balaban J connectivity index is 0.000000115. The molecular weight excluding hydrogens is 1920 g/mol. The number of para-hydroxylation sites is 12. The van der Waals surface area contributed by atoms with E-state index in [9.17, 15) is 10.0 Å². The van der Waals surface area contributed by atoms with Crippen LogP contribution in [0.1, 0.15) is 11.1 Å². The van der Waals surface area contributed by atoms with Crippen LogP contribution in [-0.2, 0) is 0 Å². The molecule has 4 N–H and O–H groups in total. The Hall–Kier alpha value is -17.2. The number of benzene rings is 21. The molecule has 0 saturated heterocycles. The molecule has 0 amide bonds. The summed E-state index contributed by atoms with van der Waals surface area (Å²) in [7, 11) is -6.80. The molecule has 6 aromatic heterocycles. The Morgan fingerprint density at radius 2 is 0.362 bits per heavy atom. The third kappa shape index (κ3) is 17.2. The summed E-state index contributed by atoms with van der Waals surface area (Å²) in [5.74, 6) is 0. The van der Waals surface area contributed by atoms with Gasteiger partial charge in [-0.05, 0) is 195 Å². The van der Waals surface area contributed by atoms with Crippen molar-refractivity contribution < 1.29 is 20.1 Å². The topological polar surface area (TPSA) is 110 Å². The van der Waals surface area contributed by atoms with Crippen molar-refractivity contribution in [3.63, 3.8) is 0 Å². The first-order valence-corrected chi connectivity index (χ1v) is 57.3. The molecular formula is C134H103B2BrN6O4Si2. The van der Waals surface area contributed by atoms with E-state index in [1.165, 1.54) is 141 Å². The van der Waals surface area contributed by atoms with Gasteiger partial charge in [0.1, 0.15) is 16.1 Å². The highest BCUT2D eigenvalue weighted by Crippen LogP contribution is 2.44. The number of fused-ring (bicyclic) bond motifs is 18. The third-order valence-corrected chi connectivity index (χ3v) is 37.7. The quantitative estimate of drug-likeness (QED) is 0.0681. The van der Waals surface area contributed by atoms with Crippen molar-refractivity contribution in [1.82, 2.24) is 27.4 Å². The van der Waals surface area contributed by atoms with Crippen LogP contribution in [0.5, 0.6) is 0 Å². The van der Waals surface area contributed by atoms with E-state index in [-0.39, 0.29) is 0 Å². The number of nitrogens with zero attached hydrogens (tertiary/aromatic N) is 6. The van der Waals surface area contributed by atoms with Crippen molar-refractivity contribution in [2.75, 3.05) is 0 Å². The number of hydrogen-bond donors (Lipinski definition) is 4. The van der Waals surface area contributed by atoms with Gasteiger partial charge in [-0.1, -0.05) is 440 Å². The molecule has 0 radical (unpaired) electrons. The maximum Gasteiger partial charge on any atom is 0.488 e. The molecule has 0 atom stereocenters. The van der Waals surface area contributed by atoms with Gasteiger partial charge in [-0.25, -0.2) is 0 Å². The smallest absolute Gasteiger partial charge is 0.423 e. The van der Waals surface area contributed by atoms with E-state index in [1.807, 2.05) is 42.5 Å². The summed E-state index contributed by atoms with van der Waals surface area (Å²) in [4.78, 5) is 0. The lowest BCUT2D eigenvalue weighted by atomic mass is 9.80. The molecule has 0 saturated carbocycles. The average Bonchev–Trinajstić information content (AvgIpc) is 1.59. The van der Waals surface area contributed by atoms with Crippen LogP contribution in [0.2, 0.25) is 26.2 Å². The van der Waals surface area contributed by atoms with Crippen molar-refractivity contribution >= 4 is 221 Å². The standard InChI is InChI=1S/C52H40N2Si.C44H33BrN2Si.C30H21BN2O2.C8H9BO2/c1-4-36-21-23-37(24-22-36)38-25-29-43(30-26-38)55(2,3)44-31-27-39(28-32-44)40-33-41(53-49-17-9-5-13-45(49)46-14-6-10-18-50(46)53)35-42(34-40)54-51-19-11-7-15-47(51)48-16-8-12-20-52(48)54;1-48(2,36-25-21-32(45)22-26-36)35-23-19-30(20-24-35)31-27-33(46-41-15-7-3-11-37(41)38-12-4-8-16-42(38)46)29-34(28-31)47-43-17-9-5-13-39(43)40-14-6-10-18-44(40)47;34-31(35)20-17-21(32-27-13-5-1-9-23(27)24-10-2-6-14-28(24)32)19-22(18-20)33-29-15-7-3-11-25(29)26-12-4-8-16-30(26)33;1-2-7-3-5-8(6-4-7)9(10)11/h4-35H,1H2,2-3H3;3-29H,1-2H3;1-19,34-35H;2-6,10-11H,1H2. The molecule has 0 unspecified atom stereocenters. The molecule has 0 aliphatic rings. The summed E-state index contributed by atoms with van der Waals surface area (Å²) in [6, 6.07) is 176. The van der Waals surface area contributed by atoms with Crippen molar-refractivity contribution in [3.05, 3.63) is 520 Å². The number of rotatable bonds is 17. The zero-order valence-corrected chi connectivity index (χ0v) is 86.4. The average molecular weight is 2020 g/mol. The summed E-state index contributed by atoms with van der Waals surface area (Å²) in [5.41, 5.74) is 30.6. The monoisotopic (exact) mass is 2020 g/mol. The second kappa shape index (κ2) is 39.3. The fraction of sp³-hybridized carbons (Fsp3) is 0.0299. The Kier molecular flexibility index (Phi) is 24.8. The molecule has 15 heteroatoms. The maximum absolute atomic E-state index is 10.3. The number of aromatic nitrogens is 6. The van der Waals surface area contributed by atoms with Crippen LogP contribution in [0.3, 0.4) is 0 Å². The lowest BCUT2D eigenvalue weighted by molar-refractivity contribution is 0.424. The SMILES string of the molecule is C=Cc1ccc(-c2ccc([Si](C)(C)c3ccc(-c4cc(-n5c6ccccc6c6ccccc65)cc(-n5c6ccccc6c6ccccc65)c4)cc3)cc2)cc1.C=Cc1ccc(B(O)O)cc1.C[Si](C)(c1ccc(Br)cc1)c1ccc(-c2cc(-n3c4ccccc4c4ccccc43)cc(-n3c4ccccc4c4ccccc43)c2)cc1.OB(O)c1cc(-n2c3ccccc3c3ccccc32)cc(-n2c3ccccc3c3ccccc32)c1. The first kappa shape index (κ1) is 94.1. The highest BCUT2D eigenvalue weighted by atomic mass is 79.9. The van der Waals surface area contributed by atoms with Crippen LogP contribution in [0.15, 0.2) is 509 Å². The van der Waals surface area contributed by atoms with Crippen molar-refractivity contribution in [2.45, 2.75) is 26.2 Å². The van der Waals surface area contributed by atoms with Gasteiger partial charge in [0.15, 0.2) is 0 Å². The molecule has 149 heavy (non-hydrogen) atoms. The molecule has 21 aromatic carbocycles. The van der Waals surface area contributed by atoms with Gasteiger partial charge in [0.2, 0.25) is 0 Å². The summed E-state index contributed by atoms with van der Waals surface area (Å²) < 4.78 is 15.3. The van der Waals surface area contributed by atoms with Crippen molar-refractivity contribution in [3.8, 4) is 67.5 Å². The van der Waals surface area contributed by atoms with E-state index in [2.05, 4.69) is 513 Å². The van der Waals surface area contributed by atoms with Crippen LogP contribution in [0, 0.1) is 0 Å². The molecule has 0 aliphatic heterocycles. The molecule has 714 valence electrons. The highest BCUT2D eigenvalue weighted by molar-refractivity contribution is 9.10. The molecule has 10 nitrogen and oxygen atoms in total. The first-order chi connectivity index (χ1) is 72.9. The minimum Gasteiger partial charge on any atom is -0.423 e. The molecule has 27 aromatic rings. The normalized spacial score (nSPS) is 11.7. The summed E-state index contributed by atoms with van der Waals surface area (Å²) >= 11 is 3.61. The summed E-state index contributed by atoms with van der Waals surface area (Å²) in [6.45, 7) is 17.3. The minimum absolute atomic E-state index is 0.446. The molecule has 0 spiro atoms. The van der Waals surface area contributed by atoms with Crippen LogP contribution in [-0.4, -0.2) is 77.9 Å². The summed E-state index contributed by atoms with van der Waals surface area (Å²) in [6.07, 6.45) is 3.59. The molecule has 6 heterocycles. The van der Waals surface area contributed by atoms with Gasteiger partial charge < -0.3 is 47.5 Å². The Bertz CT molecular complexity index is 9130. The van der Waals surface area contributed by atoms with E-state index in [1.54, 1.807) is 30.3 Å². The van der Waals surface area contributed by atoms with Gasteiger partial charge in [0.05, 0.1) is 66.2 Å². The zero-order valence-electron chi connectivity index (χ0n) is 82.8. The van der Waals surface area contributed by atoms with E-state index >= 15 is 0 Å². The van der Waals surface area contributed by atoms with Crippen LogP contribution < -0.4 is 31.7 Å². The fourth-order valence-electron chi connectivity index (χ4n) is 22.3. The van der Waals surface area contributed by atoms with E-state index in [0.717, 1.165) is 93.3 Å². The zero-order chi connectivity index (χ0) is 101. The Labute approximate surface area is 875 Å². The van der Waals surface area contributed by atoms with E-state index < -0.39 is 30.4 Å². The third-order valence-electron chi connectivity index (χ3n) is 30.1. The predicted octanol–water partition coefficient (Wildman–Crippen LogP) is 29.4. The van der Waals surface area contributed by atoms with Crippen LogP contribution >= 0.6 is 15.9 Å². The van der Waals surface area contributed by atoms with Gasteiger partial charge in [0, 0.05) is 103 Å². The van der Waals surface area contributed by atoms with Crippen molar-refractivity contribution in [1.29, 1.82) is 0 Å². The van der Waals surface area contributed by atoms with Gasteiger partial charge in [-0.3, -0.25) is 0 Å². The molecule has 0 fully saturated rings. The minimum atomic E-state index is -1.97. The van der Waals surface area contributed by atoms with Crippen LogP contribution in [0.4, 0.5) is 0 Å². The second-order valence-electron chi connectivity index (χ2n) is 39.4. The predicted molar refractivity (Wildman–Crippen MR) is 642 cm³/mol. The molecule has 0 bridgehead atoms. The van der Waals surface area contributed by atoms with E-state index in [0.29, 0.717) is 10.9 Å². The summed E-state index contributed by atoms with van der Waals surface area (Å²) in [5, 5.41) is 58.4. The number of halogens is 1. The molecule has 27 rings (SSSR count). The van der Waals surface area contributed by atoms with Gasteiger partial charge in [0.25, 0.3) is 0 Å². The fourth-order valence-corrected chi connectivity index (χ4v) is 27.3. The Morgan fingerprint density at radius 1 is 0.195 bits per heavy atom. The Morgan fingerprint density at radius 3 is 0.557 bits per heavy atom. The lowest BCUT2D eigenvalue weighted by Crippen LogP contribution is -2.52. The maximum atomic E-state index is 10.3. The first-order valence-electron chi connectivity index (χ1n) is 50.5. The largest absolute Gasteiger partial charge is 0.488 e. The van der Waals surface area contributed by atoms with Gasteiger partial charge in [-0.2, -0.15) is 0 Å². The van der Waals surface area contributed by atoms with Gasteiger partial charge >= 0.3 is 14.2 Å². The highest BCUT2D eigenvalue weighted by Gasteiger charge is 2.30. The van der Waals surface area contributed by atoms with E-state index in [4.69, 9.17) is 10.0 Å². The van der Waals surface area contributed by atoms with Crippen molar-refractivity contribution in [2.24, 2.45) is 0 Å². The van der Waals surface area contributed by atoms with Crippen LogP contribution in [0.25, 0.3) is 210 Å². The second-order valence-corrected chi connectivity index (χ2v) is 49.1. The lowest BCUT2D eigenvalue weighted by Gasteiger charge is -2.24. The number of hydrogen-bond acceptors (Lipinski definition) is 4. The molecule has 0 aliphatic carbocycles.